The summed E-state index contributed by atoms with van der Waals surface area (Å²) < 4.78 is 6.20. The van der Waals surface area contributed by atoms with E-state index in [-0.39, 0.29) is 0 Å². The molecule has 0 saturated heterocycles. The molecule has 4 aromatic rings. The number of methoxy groups -OCH3 is 1. The lowest BCUT2D eigenvalue weighted by molar-refractivity contribution is 0.197. The summed E-state index contributed by atoms with van der Waals surface area (Å²) in [6, 6.07) is 15.4. The van der Waals surface area contributed by atoms with Crippen LogP contribution in [-0.2, 0) is 4.74 Å². The number of benzene rings is 2. The Bertz CT molecular complexity index is 1210. The van der Waals surface area contributed by atoms with Crippen LogP contribution < -0.4 is 5.32 Å². The molecule has 2 aromatic heterocycles. The van der Waals surface area contributed by atoms with Gasteiger partial charge < -0.3 is 15.0 Å². The first-order valence-corrected chi connectivity index (χ1v) is 11.8. The van der Waals surface area contributed by atoms with Crippen LogP contribution in [0.1, 0.15) is 6.42 Å². The zero-order valence-corrected chi connectivity index (χ0v) is 20.9. The number of ether oxygens (including phenoxy) is 1. The molecular weight excluding hydrogens is 560 g/mol. The van der Waals surface area contributed by atoms with Crippen LogP contribution in [0.5, 0.6) is 0 Å². The molecule has 164 valence electrons. The highest BCUT2D eigenvalue weighted by Gasteiger charge is 2.20. The molecule has 6 nitrogen and oxygen atoms in total. The molecule has 0 spiro atoms. The fraction of sp³-hybridized carbons (Fsp3) is 0.174. The van der Waals surface area contributed by atoms with E-state index in [9.17, 15) is 0 Å². The number of hydrogen-bond donors (Lipinski definition) is 2. The second kappa shape index (κ2) is 10.6. The molecule has 0 aliphatic carbocycles. The smallest absolute Gasteiger partial charge is 0.223 e. The number of imidazole rings is 1. The van der Waals surface area contributed by atoms with E-state index in [0.29, 0.717) is 46.2 Å². The summed E-state index contributed by atoms with van der Waals surface area (Å²) in [5.41, 5.74) is 3.86. The molecule has 0 bridgehead atoms. The Morgan fingerprint density at radius 2 is 1.84 bits per heavy atom. The lowest BCUT2D eigenvalue weighted by Crippen LogP contribution is -2.07. The van der Waals surface area contributed by atoms with Crippen LogP contribution in [0.2, 0.25) is 10.0 Å². The van der Waals surface area contributed by atoms with E-state index in [4.69, 9.17) is 37.9 Å². The number of hydrogen-bond acceptors (Lipinski definition) is 5. The van der Waals surface area contributed by atoms with Gasteiger partial charge in [0.05, 0.1) is 32.7 Å². The van der Waals surface area contributed by atoms with Gasteiger partial charge in [0.2, 0.25) is 5.95 Å². The Hall–Kier alpha value is -2.20. The maximum absolute atomic E-state index is 6.46. The van der Waals surface area contributed by atoms with E-state index in [1.54, 1.807) is 25.4 Å². The number of nitrogens with zero attached hydrogens (tertiary/aromatic N) is 3. The van der Waals surface area contributed by atoms with Crippen molar-refractivity contribution in [2.75, 3.05) is 25.6 Å². The summed E-state index contributed by atoms with van der Waals surface area (Å²) in [5.74, 6) is 1.12. The summed E-state index contributed by atoms with van der Waals surface area (Å²) in [4.78, 5) is 17.3. The number of aromatic nitrogens is 4. The summed E-state index contributed by atoms with van der Waals surface area (Å²) in [7, 11) is 1.69. The predicted octanol–water partition coefficient (Wildman–Crippen LogP) is 6.56. The minimum atomic E-state index is 0.523. The average Bonchev–Trinajstić information content (AvgIpc) is 3.22. The zero-order chi connectivity index (χ0) is 22.5. The topological polar surface area (TPSA) is 75.7 Å². The summed E-state index contributed by atoms with van der Waals surface area (Å²) in [6.45, 7) is 1.39. The number of nitrogens with one attached hydrogen (secondary N) is 2. The van der Waals surface area contributed by atoms with Gasteiger partial charge in [0.1, 0.15) is 5.82 Å². The van der Waals surface area contributed by atoms with Gasteiger partial charge in [-0.2, -0.15) is 0 Å². The Morgan fingerprint density at radius 3 is 2.59 bits per heavy atom. The lowest BCUT2D eigenvalue weighted by atomic mass is 10.1. The van der Waals surface area contributed by atoms with E-state index in [1.165, 1.54) is 0 Å². The van der Waals surface area contributed by atoms with Gasteiger partial charge in [0, 0.05) is 35.6 Å². The van der Waals surface area contributed by atoms with Crippen molar-refractivity contribution in [3.8, 4) is 34.0 Å². The van der Waals surface area contributed by atoms with E-state index in [1.807, 2.05) is 30.3 Å². The minimum Gasteiger partial charge on any atom is -0.385 e. The van der Waals surface area contributed by atoms with Crippen LogP contribution >= 0.6 is 45.8 Å². The Labute approximate surface area is 209 Å². The highest BCUT2D eigenvalue weighted by Crippen LogP contribution is 2.38. The first-order valence-electron chi connectivity index (χ1n) is 9.93. The largest absolute Gasteiger partial charge is 0.385 e. The Balaban J connectivity index is 1.80. The van der Waals surface area contributed by atoms with Gasteiger partial charge in [0.15, 0.2) is 0 Å². The number of halogens is 3. The second-order valence-electron chi connectivity index (χ2n) is 6.95. The molecular formula is C23H20Cl2IN5O. The molecule has 0 aliphatic heterocycles. The second-order valence-corrected chi connectivity index (χ2v) is 9.01. The highest BCUT2D eigenvalue weighted by molar-refractivity contribution is 14.1. The van der Waals surface area contributed by atoms with Crippen molar-refractivity contribution in [3.63, 3.8) is 0 Å². The molecule has 4 rings (SSSR count). The third-order valence-electron chi connectivity index (χ3n) is 4.72. The van der Waals surface area contributed by atoms with E-state index in [2.05, 4.69) is 43.9 Å². The fourth-order valence-electron chi connectivity index (χ4n) is 3.25. The molecule has 0 unspecified atom stereocenters. The average molecular weight is 580 g/mol. The van der Waals surface area contributed by atoms with Gasteiger partial charge >= 0.3 is 0 Å². The number of rotatable bonds is 8. The van der Waals surface area contributed by atoms with Crippen molar-refractivity contribution in [2.24, 2.45) is 0 Å². The van der Waals surface area contributed by atoms with Crippen molar-refractivity contribution < 1.29 is 4.74 Å². The molecule has 0 saturated carbocycles. The minimum absolute atomic E-state index is 0.523. The van der Waals surface area contributed by atoms with Crippen LogP contribution in [0.4, 0.5) is 5.95 Å². The lowest BCUT2D eigenvalue weighted by Gasteiger charge is -2.07. The molecule has 2 aromatic carbocycles. The van der Waals surface area contributed by atoms with E-state index >= 15 is 0 Å². The summed E-state index contributed by atoms with van der Waals surface area (Å²) in [6.07, 6.45) is 2.58. The Kier molecular flexibility index (Phi) is 7.62. The van der Waals surface area contributed by atoms with E-state index < -0.39 is 0 Å². The first-order chi connectivity index (χ1) is 15.6. The first kappa shape index (κ1) is 23.0. The Morgan fingerprint density at radius 1 is 1.06 bits per heavy atom. The number of H-pyrrole nitrogens is 1. The zero-order valence-electron chi connectivity index (χ0n) is 17.2. The fourth-order valence-corrected chi connectivity index (χ4v) is 4.37. The number of anilines is 1. The normalized spacial score (nSPS) is 11.0. The molecule has 32 heavy (non-hydrogen) atoms. The van der Waals surface area contributed by atoms with Crippen molar-refractivity contribution in [2.45, 2.75) is 6.42 Å². The maximum Gasteiger partial charge on any atom is 0.223 e. The number of aromatic amines is 1. The van der Waals surface area contributed by atoms with Crippen molar-refractivity contribution in [3.05, 3.63) is 68.3 Å². The standard InChI is InChI=1S/C23H20Cl2IN5O/c1-32-12-4-10-27-23-28-11-9-18(29-23)21-20(14-5-2-6-15(26)13-14)30-22(31-21)19-16(24)7-3-8-17(19)25/h2-3,5-9,11,13H,4,10,12H2,1H3,(H,30,31)(H,27,28,29). The van der Waals surface area contributed by atoms with Crippen molar-refractivity contribution in [1.82, 2.24) is 19.9 Å². The third-order valence-corrected chi connectivity index (χ3v) is 6.02. The third kappa shape index (κ3) is 5.23. The van der Waals surface area contributed by atoms with Crippen LogP contribution in [-0.4, -0.2) is 40.2 Å². The van der Waals surface area contributed by atoms with Crippen LogP contribution in [0, 0.1) is 3.57 Å². The maximum atomic E-state index is 6.46. The van der Waals surface area contributed by atoms with Gasteiger partial charge in [0.25, 0.3) is 0 Å². The molecule has 0 radical (unpaired) electrons. The molecule has 2 heterocycles. The molecule has 0 atom stereocenters. The summed E-state index contributed by atoms with van der Waals surface area (Å²) in [5, 5.41) is 4.28. The quantitative estimate of drug-likeness (QED) is 0.183. The van der Waals surface area contributed by atoms with Gasteiger partial charge in [-0.05, 0) is 59.3 Å². The van der Waals surface area contributed by atoms with Crippen molar-refractivity contribution >= 4 is 51.7 Å². The molecule has 2 N–H and O–H groups in total. The van der Waals surface area contributed by atoms with Gasteiger partial charge in [-0.25, -0.2) is 15.0 Å². The summed E-state index contributed by atoms with van der Waals surface area (Å²) >= 11 is 15.2. The monoisotopic (exact) mass is 579 g/mol. The molecule has 0 fully saturated rings. The van der Waals surface area contributed by atoms with Crippen molar-refractivity contribution in [1.29, 1.82) is 0 Å². The molecule has 0 aliphatic rings. The molecule has 0 amide bonds. The van der Waals surface area contributed by atoms with Gasteiger partial charge in [-0.3, -0.25) is 0 Å². The highest BCUT2D eigenvalue weighted by atomic mass is 127. The predicted molar refractivity (Wildman–Crippen MR) is 138 cm³/mol. The van der Waals surface area contributed by atoms with E-state index in [0.717, 1.165) is 26.9 Å². The van der Waals surface area contributed by atoms with Crippen LogP contribution in [0.25, 0.3) is 34.0 Å². The van der Waals surface area contributed by atoms with Gasteiger partial charge in [-0.1, -0.05) is 41.4 Å². The SMILES string of the molecule is COCCCNc1nccc(-c2[nH]c(-c3c(Cl)cccc3Cl)nc2-c2cccc(I)c2)n1. The van der Waals surface area contributed by atoms with Gasteiger partial charge in [-0.15, -0.1) is 0 Å². The van der Waals surface area contributed by atoms with Crippen LogP contribution in [0.15, 0.2) is 54.7 Å². The van der Waals surface area contributed by atoms with Crippen LogP contribution in [0.3, 0.4) is 0 Å². The molecule has 9 heteroatoms.